The van der Waals surface area contributed by atoms with Crippen molar-refractivity contribution in [2.45, 2.75) is 0 Å². The van der Waals surface area contributed by atoms with Crippen molar-refractivity contribution in [3.05, 3.63) is 0 Å². The fraction of sp³-hybridized carbons (Fsp3) is 1.00. The Balaban J connectivity index is 2.00. The molecule has 0 aromatic heterocycles. The Hall–Kier alpha value is 0.354. The van der Waals surface area contributed by atoms with Gasteiger partial charge in [-0.15, -0.1) is 0 Å². The van der Waals surface area contributed by atoms with Crippen molar-refractivity contribution in [1.82, 2.24) is 9.96 Å². The molecule has 1 fully saturated rings. The number of rotatable bonds is 0. The average Bonchev–Trinajstić information content (AvgIpc) is 1.72. The zero-order valence-electron chi connectivity index (χ0n) is 3.83. The smallest absolute Gasteiger partial charge is 0.0984 e. The van der Waals surface area contributed by atoms with E-state index < -0.39 is 0 Å². The molecule has 2 N–H and O–H groups in total. The van der Waals surface area contributed by atoms with E-state index in [-0.39, 0.29) is 19.4 Å². The summed E-state index contributed by atoms with van der Waals surface area (Å²) in [5, 5.41) is 3.35. The largest absolute Gasteiger partial charge is 0.367 e. The Bertz CT molecular complexity index is 25.0. The molecule has 0 radical (unpaired) electrons. The van der Waals surface area contributed by atoms with Crippen molar-refractivity contribution in [3.63, 3.8) is 0 Å². The van der Waals surface area contributed by atoms with E-state index in [0.717, 1.165) is 0 Å². The molecule has 1 rings (SSSR count). The molecule has 0 unspecified atom stereocenters. The van der Waals surface area contributed by atoms with Crippen LogP contribution in [0.4, 0.5) is 0 Å². The van der Waals surface area contributed by atoms with Crippen LogP contribution in [0.3, 0.4) is 0 Å². The van der Waals surface area contributed by atoms with E-state index in [4.69, 9.17) is 0 Å². The molecular weight excluding hydrogens is 108 g/mol. The van der Waals surface area contributed by atoms with E-state index in [9.17, 15) is 0 Å². The van der Waals surface area contributed by atoms with Gasteiger partial charge in [0.05, 0.1) is 19.4 Å². The maximum Gasteiger partial charge on any atom is 0.0984 e. The van der Waals surface area contributed by atoms with Gasteiger partial charge in [0.1, 0.15) is 0 Å². The van der Waals surface area contributed by atoms with Gasteiger partial charge < -0.3 is 9.96 Å². The van der Waals surface area contributed by atoms with Crippen LogP contribution in [0, 0.1) is 0 Å². The third-order valence-electron chi connectivity index (χ3n) is 0.957. The minimum atomic E-state index is 0.209. The SMILES string of the molecule is C1NC[SiH2]N[SiH2]1. The van der Waals surface area contributed by atoms with Crippen LogP contribution in [0.15, 0.2) is 0 Å². The molecule has 2 nitrogen and oxygen atoms in total. The zero-order chi connectivity index (χ0) is 4.24. The third kappa shape index (κ3) is 1.21. The second-order valence-corrected chi connectivity index (χ2v) is 5.50. The summed E-state index contributed by atoms with van der Waals surface area (Å²) in [5.74, 6) is 0. The van der Waals surface area contributed by atoms with E-state index in [0.29, 0.717) is 0 Å². The van der Waals surface area contributed by atoms with Crippen molar-refractivity contribution >= 4 is 19.4 Å². The van der Waals surface area contributed by atoms with Crippen molar-refractivity contribution < 1.29 is 0 Å². The lowest BCUT2D eigenvalue weighted by Crippen LogP contribution is -2.45. The summed E-state index contributed by atoms with van der Waals surface area (Å²) in [5.41, 5.74) is 0. The minimum absolute atomic E-state index is 0.209. The molecule has 1 aliphatic rings. The summed E-state index contributed by atoms with van der Waals surface area (Å²) in [7, 11) is 0.418. The second kappa shape index (κ2) is 2.51. The Kier molecular flexibility index (Phi) is 1.89. The van der Waals surface area contributed by atoms with Crippen LogP contribution in [0.25, 0.3) is 0 Å². The van der Waals surface area contributed by atoms with Gasteiger partial charge in [0.2, 0.25) is 0 Å². The Morgan fingerprint density at radius 3 is 2.00 bits per heavy atom. The normalized spacial score (nSPS) is 32.0. The van der Waals surface area contributed by atoms with Gasteiger partial charge >= 0.3 is 0 Å². The van der Waals surface area contributed by atoms with Gasteiger partial charge in [0, 0.05) is 0 Å². The lowest BCUT2D eigenvalue weighted by Gasteiger charge is -2.09. The van der Waals surface area contributed by atoms with E-state index in [1.165, 1.54) is 12.3 Å². The molecule has 0 aromatic carbocycles. The summed E-state index contributed by atoms with van der Waals surface area (Å²) in [6, 6.07) is 0. The van der Waals surface area contributed by atoms with Gasteiger partial charge in [-0.1, -0.05) is 0 Å². The van der Waals surface area contributed by atoms with E-state index in [1.54, 1.807) is 0 Å². The van der Waals surface area contributed by atoms with Crippen LogP contribution < -0.4 is 9.96 Å². The topological polar surface area (TPSA) is 24.1 Å². The molecule has 0 saturated carbocycles. The summed E-state index contributed by atoms with van der Waals surface area (Å²) in [6.07, 6.45) is 2.62. The molecule has 0 aliphatic carbocycles. The first-order valence-corrected chi connectivity index (χ1v) is 5.83. The van der Waals surface area contributed by atoms with Crippen LogP contribution in [0.1, 0.15) is 0 Å². The van der Waals surface area contributed by atoms with E-state index >= 15 is 0 Å². The summed E-state index contributed by atoms with van der Waals surface area (Å²) < 4.78 is 3.50. The summed E-state index contributed by atoms with van der Waals surface area (Å²) in [6.45, 7) is 0. The van der Waals surface area contributed by atoms with Crippen LogP contribution in [0.2, 0.25) is 0 Å². The van der Waals surface area contributed by atoms with Gasteiger partial charge in [-0.25, -0.2) is 0 Å². The van der Waals surface area contributed by atoms with Crippen LogP contribution in [-0.4, -0.2) is 31.7 Å². The highest BCUT2D eigenvalue weighted by molar-refractivity contribution is 6.52. The standard InChI is InChI=1S/C2H10N2Si2/c1-3-2-6-4-5-1/h3-4H,1-2,5-6H2. The Morgan fingerprint density at radius 1 is 1.17 bits per heavy atom. The van der Waals surface area contributed by atoms with Crippen molar-refractivity contribution in [1.29, 1.82) is 0 Å². The Labute approximate surface area is 42.5 Å². The van der Waals surface area contributed by atoms with Crippen molar-refractivity contribution in [2.75, 3.05) is 12.3 Å². The van der Waals surface area contributed by atoms with Gasteiger partial charge in [-0.05, 0) is 12.3 Å². The van der Waals surface area contributed by atoms with E-state index in [2.05, 4.69) is 9.96 Å². The second-order valence-electron chi connectivity index (χ2n) is 1.50. The molecule has 0 spiro atoms. The van der Waals surface area contributed by atoms with Crippen molar-refractivity contribution in [3.8, 4) is 0 Å². The molecule has 0 aromatic rings. The molecular formula is C2H10N2Si2. The van der Waals surface area contributed by atoms with Crippen LogP contribution in [-0.2, 0) is 0 Å². The minimum Gasteiger partial charge on any atom is -0.367 e. The number of hydrogen-bond acceptors (Lipinski definition) is 2. The first-order valence-electron chi connectivity index (χ1n) is 2.41. The zero-order valence-corrected chi connectivity index (χ0v) is 6.66. The summed E-state index contributed by atoms with van der Waals surface area (Å²) >= 11 is 0. The lowest BCUT2D eigenvalue weighted by molar-refractivity contribution is 0.891. The molecule has 0 amide bonds. The molecule has 0 bridgehead atoms. The maximum atomic E-state index is 3.50. The number of hydrogen-bond donors (Lipinski definition) is 2. The highest BCUT2D eigenvalue weighted by atomic mass is 28.3. The predicted octanol–water partition coefficient (Wildman–Crippen LogP) is -2.74. The third-order valence-corrected chi connectivity index (χ3v) is 4.99. The van der Waals surface area contributed by atoms with Gasteiger partial charge in [0.25, 0.3) is 0 Å². The predicted molar refractivity (Wildman–Crippen MR) is 33.1 cm³/mol. The van der Waals surface area contributed by atoms with Crippen LogP contribution >= 0.6 is 0 Å². The van der Waals surface area contributed by atoms with Crippen LogP contribution in [0.5, 0.6) is 0 Å². The fourth-order valence-corrected chi connectivity index (χ4v) is 4.37. The monoisotopic (exact) mass is 118 g/mol. The van der Waals surface area contributed by atoms with Crippen molar-refractivity contribution in [2.24, 2.45) is 0 Å². The number of nitrogens with one attached hydrogen (secondary N) is 2. The quantitative estimate of drug-likeness (QED) is 0.337. The molecule has 6 heavy (non-hydrogen) atoms. The average molecular weight is 118 g/mol. The first-order chi connectivity index (χ1) is 3.00. The molecule has 4 heteroatoms. The fourth-order valence-electron chi connectivity index (χ4n) is 0.604. The molecule has 1 heterocycles. The van der Waals surface area contributed by atoms with E-state index in [1.807, 2.05) is 0 Å². The molecule has 1 aliphatic heterocycles. The Morgan fingerprint density at radius 2 is 1.83 bits per heavy atom. The molecule has 0 atom stereocenters. The lowest BCUT2D eigenvalue weighted by atomic mass is 11.2. The highest BCUT2D eigenvalue weighted by Crippen LogP contribution is 1.59. The van der Waals surface area contributed by atoms with Gasteiger partial charge in [-0.3, -0.25) is 0 Å². The maximum absolute atomic E-state index is 3.50. The summed E-state index contributed by atoms with van der Waals surface area (Å²) in [4.78, 5) is 0. The first kappa shape index (κ1) is 4.51. The van der Waals surface area contributed by atoms with Gasteiger partial charge in [0.15, 0.2) is 0 Å². The molecule has 1 saturated heterocycles. The highest BCUT2D eigenvalue weighted by Gasteiger charge is 1.93. The molecule has 36 valence electrons. The van der Waals surface area contributed by atoms with Gasteiger partial charge in [-0.2, -0.15) is 0 Å².